The highest BCUT2D eigenvalue weighted by molar-refractivity contribution is 6.07. The van der Waals surface area contributed by atoms with Crippen LogP contribution in [-0.4, -0.2) is 34.9 Å². The number of methoxy groups -OCH3 is 1. The van der Waals surface area contributed by atoms with Gasteiger partial charge >= 0.3 is 0 Å². The zero-order valence-corrected chi connectivity index (χ0v) is 17.8. The van der Waals surface area contributed by atoms with E-state index in [9.17, 15) is 9.59 Å². The number of imide groups is 1. The molecular weight excluding hydrogens is 402 g/mol. The van der Waals surface area contributed by atoms with E-state index in [-0.39, 0.29) is 17.9 Å². The Labute approximate surface area is 187 Å². The Morgan fingerprint density at radius 2 is 1.38 bits per heavy atom. The van der Waals surface area contributed by atoms with Crippen molar-refractivity contribution in [2.45, 2.75) is 25.2 Å². The van der Waals surface area contributed by atoms with E-state index >= 15 is 0 Å². The highest BCUT2D eigenvalue weighted by Crippen LogP contribution is 2.41. The second-order valence-electron chi connectivity index (χ2n) is 8.21. The fraction of sp³-hybridized carbons (Fsp3) is 0.231. The average molecular weight is 428 g/mol. The van der Waals surface area contributed by atoms with Crippen LogP contribution in [0, 0.1) is 5.92 Å². The summed E-state index contributed by atoms with van der Waals surface area (Å²) in [6.45, 7) is 0.826. The van der Waals surface area contributed by atoms with Crippen molar-refractivity contribution in [1.82, 2.24) is 15.3 Å². The molecule has 0 spiro atoms. The predicted octanol–water partition coefficient (Wildman–Crippen LogP) is 3.31. The highest BCUT2D eigenvalue weighted by Gasteiger charge is 2.58. The minimum atomic E-state index is -0.543. The fourth-order valence-electron chi connectivity index (χ4n) is 4.67. The van der Waals surface area contributed by atoms with Crippen molar-refractivity contribution in [2.24, 2.45) is 5.92 Å². The molecule has 0 aliphatic carbocycles. The molecular formula is C26H25N3O3. The predicted molar refractivity (Wildman–Crippen MR) is 120 cm³/mol. The smallest absolute Gasteiger partial charge is 0.249 e. The van der Waals surface area contributed by atoms with Crippen LogP contribution in [0.1, 0.15) is 22.7 Å². The third-order valence-electron chi connectivity index (χ3n) is 6.26. The van der Waals surface area contributed by atoms with Gasteiger partial charge in [-0.15, -0.1) is 0 Å². The molecule has 0 radical (unpaired) electrons. The lowest BCUT2D eigenvalue weighted by molar-refractivity contribution is -0.142. The molecule has 1 N–H and O–H groups in total. The molecule has 2 aliphatic rings. The van der Waals surface area contributed by atoms with Crippen LogP contribution in [0.15, 0.2) is 84.9 Å². The number of carbonyl (C=O) groups is 2. The van der Waals surface area contributed by atoms with Gasteiger partial charge in [-0.05, 0) is 28.8 Å². The van der Waals surface area contributed by atoms with E-state index in [1.807, 2.05) is 89.9 Å². The molecule has 0 saturated carbocycles. The lowest BCUT2D eigenvalue weighted by Gasteiger charge is -2.25. The number of benzene rings is 3. The number of fused-ring (bicyclic) bond motifs is 1. The summed E-state index contributed by atoms with van der Waals surface area (Å²) in [6.07, 6.45) is 0. The number of rotatable bonds is 6. The molecule has 3 aromatic carbocycles. The molecule has 6 heteroatoms. The molecule has 32 heavy (non-hydrogen) atoms. The van der Waals surface area contributed by atoms with Crippen molar-refractivity contribution in [3.05, 3.63) is 102 Å². The standard InChI is InChI=1S/C26H25N3O3/c1-32-21-14-12-20(13-15-21)23-22-24(29(27-23)17-19-10-6-3-7-11-19)26(31)28(25(22)30)16-18-8-4-2-5-9-18/h2-15,22-24,27H,16-17H2,1H3/t22-,23+,24+/m1/s1. The molecule has 2 heterocycles. The van der Waals surface area contributed by atoms with Crippen molar-refractivity contribution in [1.29, 1.82) is 0 Å². The van der Waals surface area contributed by atoms with Gasteiger partial charge in [-0.25, -0.2) is 10.4 Å². The number of carbonyl (C=O) groups excluding carboxylic acids is 2. The Morgan fingerprint density at radius 1 is 0.781 bits per heavy atom. The van der Waals surface area contributed by atoms with Crippen LogP contribution in [0.25, 0.3) is 0 Å². The summed E-state index contributed by atoms with van der Waals surface area (Å²) in [5.41, 5.74) is 6.44. The average Bonchev–Trinajstić information content (AvgIpc) is 3.32. The van der Waals surface area contributed by atoms with Crippen molar-refractivity contribution >= 4 is 11.8 Å². The number of likely N-dealkylation sites (tertiary alicyclic amines) is 1. The SMILES string of the molecule is COc1ccc([C@@H]2NN(Cc3ccccc3)[C@@H]3C(=O)N(Cc4ccccc4)C(=O)[C@@H]32)cc1. The van der Waals surface area contributed by atoms with Gasteiger partial charge in [0.2, 0.25) is 11.8 Å². The van der Waals surface area contributed by atoms with E-state index in [1.165, 1.54) is 4.90 Å². The molecule has 2 amide bonds. The van der Waals surface area contributed by atoms with E-state index in [4.69, 9.17) is 4.74 Å². The van der Waals surface area contributed by atoms with Crippen LogP contribution in [0.3, 0.4) is 0 Å². The maximum atomic E-state index is 13.5. The van der Waals surface area contributed by atoms with E-state index in [2.05, 4.69) is 5.43 Å². The third kappa shape index (κ3) is 3.68. The molecule has 2 saturated heterocycles. The second-order valence-corrected chi connectivity index (χ2v) is 8.21. The fourth-order valence-corrected chi connectivity index (χ4v) is 4.67. The zero-order chi connectivity index (χ0) is 22.1. The summed E-state index contributed by atoms with van der Waals surface area (Å²) in [5, 5.41) is 1.93. The van der Waals surface area contributed by atoms with Crippen LogP contribution in [0.5, 0.6) is 5.75 Å². The summed E-state index contributed by atoms with van der Waals surface area (Å²) in [6, 6.07) is 26.5. The van der Waals surface area contributed by atoms with Gasteiger partial charge in [0.05, 0.1) is 25.6 Å². The lowest BCUT2D eigenvalue weighted by Crippen LogP contribution is -2.44. The van der Waals surface area contributed by atoms with Gasteiger partial charge < -0.3 is 4.74 Å². The van der Waals surface area contributed by atoms with Crippen LogP contribution in [-0.2, 0) is 22.7 Å². The Hall–Kier alpha value is -3.48. The van der Waals surface area contributed by atoms with Gasteiger partial charge in [0.25, 0.3) is 0 Å². The molecule has 3 aromatic rings. The molecule has 2 fully saturated rings. The number of amides is 2. The summed E-state index contributed by atoms with van der Waals surface area (Å²) < 4.78 is 5.28. The number of nitrogens with one attached hydrogen (secondary N) is 1. The quantitative estimate of drug-likeness (QED) is 0.612. The number of hydrazine groups is 1. The Bertz CT molecular complexity index is 1100. The van der Waals surface area contributed by atoms with Crippen molar-refractivity contribution in [3.63, 3.8) is 0 Å². The van der Waals surface area contributed by atoms with Crippen LogP contribution in [0.2, 0.25) is 0 Å². The van der Waals surface area contributed by atoms with E-state index < -0.39 is 12.0 Å². The van der Waals surface area contributed by atoms with E-state index in [0.29, 0.717) is 13.1 Å². The summed E-state index contributed by atoms with van der Waals surface area (Å²) in [5.74, 6) is -0.0108. The molecule has 2 aliphatic heterocycles. The molecule has 5 rings (SSSR count). The van der Waals surface area contributed by atoms with Crippen LogP contribution in [0.4, 0.5) is 0 Å². The number of hydrogen-bond acceptors (Lipinski definition) is 5. The third-order valence-corrected chi connectivity index (χ3v) is 6.26. The van der Waals surface area contributed by atoms with E-state index in [0.717, 1.165) is 22.4 Å². The molecule has 3 atom stereocenters. The summed E-state index contributed by atoms with van der Waals surface area (Å²) in [4.78, 5) is 28.4. The van der Waals surface area contributed by atoms with Crippen molar-refractivity contribution in [2.75, 3.05) is 7.11 Å². The summed E-state index contributed by atoms with van der Waals surface area (Å²) in [7, 11) is 1.63. The first-order chi connectivity index (χ1) is 15.7. The number of ether oxygens (including phenoxy) is 1. The van der Waals surface area contributed by atoms with Gasteiger partial charge in [0, 0.05) is 6.54 Å². The monoisotopic (exact) mass is 427 g/mol. The second kappa shape index (κ2) is 8.57. The van der Waals surface area contributed by atoms with Gasteiger partial charge in [0.15, 0.2) is 0 Å². The molecule has 0 aromatic heterocycles. The molecule has 162 valence electrons. The minimum Gasteiger partial charge on any atom is -0.497 e. The van der Waals surface area contributed by atoms with Gasteiger partial charge in [-0.3, -0.25) is 14.5 Å². The van der Waals surface area contributed by atoms with Crippen molar-refractivity contribution in [3.8, 4) is 5.75 Å². The molecule has 0 bridgehead atoms. The number of hydrogen-bond donors (Lipinski definition) is 1. The first kappa shape index (κ1) is 20.4. The first-order valence-corrected chi connectivity index (χ1v) is 10.8. The normalized spacial score (nSPS) is 22.9. The maximum absolute atomic E-state index is 13.5. The van der Waals surface area contributed by atoms with Gasteiger partial charge in [-0.2, -0.15) is 0 Å². The summed E-state index contributed by atoms with van der Waals surface area (Å²) >= 11 is 0. The Morgan fingerprint density at radius 3 is 1.97 bits per heavy atom. The first-order valence-electron chi connectivity index (χ1n) is 10.8. The van der Waals surface area contributed by atoms with Crippen molar-refractivity contribution < 1.29 is 14.3 Å². The van der Waals surface area contributed by atoms with Crippen LogP contribution >= 0.6 is 0 Å². The van der Waals surface area contributed by atoms with Gasteiger partial charge in [-0.1, -0.05) is 72.8 Å². The van der Waals surface area contributed by atoms with E-state index in [1.54, 1.807) is 7.11 Å². The Balaban J connectivity index is 1.48. The maximum Gasteiger partial charge on any atom is 0.249 e. The molecule has 0 unspecified atom stereocenters. The lowest BCUT2D eigenvalue weighted by atomic mass is 9.91. The number of nitrogens with zero attached hydrogens (tertiary/aromatic N) is 2. The zero-order valence-electron chi connectivity index (χ0n) is 17.8. The largest absolute Gasteiger partial charge is 0.497 e. The van der Waals surface area contributed by atoms with Crippen LogP contribution < -0.4 is 10.2 Å². The molecule has 6 nitrogen and oxygen atoms in total. The highest BCUT2D eigenvalue weighted by atomic mass is 16.5. The minimum absolute atomic E-state index is 0.132. The van der Waals surface area contributed by atoms with Gasteiger partial charge in [0.1, 0.15) is 11.8 Å². The topological polar surface area (TPSA) is 61.9 Å². The Kier molecular flexibility index (Phi) is 5.47.